The van der Waals surface area contributed by atoms with E-state index in [9.17, 15) is 0 Å². The molecule has 1 aromatic carbocycles. The molecule has 3 heteroatoms. The van der Waals surface area contributed by atoms with Crippen LogP contribution in [0.15, 0.2) is 12.1 Å². The third-order valence-electron chi connectivity index (χ3n) is 4.99. The van der Waals surface area contributed by atoms with Crippen LogP contribution in [0.4, 0.5) is 0 Å². The first-order chi connectivity index (χ1) is 10.9. The Morgan fingerprint density at radius 1 is 0.783 bits per heavy atom. The highest BCUT2D eigenvalue weighted by Crippen LogP contribution is 2.33. The van der Waals surface area contributed by atoms with Crippen LogP contribution in [0.3, 0.4) is 0 Å². The van der Waals surface area contributed by atoms with Crippen LogP contribution in [-0.2, 0) is 6.42 Å². The minimum atomic E-state index is 1.00. The summed E-state index contributed by atoms with van der Waals surface area (Å²) in [5.74, 6) is 0. The molecule has 0 bridgehead atoms. The third-order valence-corrected chi connectivity index (χ3v) is 4.99. The van der Waals surface area contributed by atoms with Crippen molar-refractivity contribution in [2.45, 2.75) is 54.9 Å². The van der Waals surface area contributed by atoms with Gasteiger partial charge in [-0.25, -0.2) is 0 Å². The molecule has 0 N–H and O–H groups in total. The van der Waals surface area contributed by atoms with Crippen molar-refractivity contribution >= 4 is 10.8 Å². The Morgan fingerprint density at radius 2 is 1.30 bits per heavy atom. The summed E-state index contributed by atoms with van der Waals surface area (Å²) in [6.45, 7) is 15.1. The Bertz CT molecular complexity index is 872. The lowest BCUT2D eigenvalue weighted by Crippen LogP contribution is -2.03. The van der Waals surface area contributed by atoms with Crippen molar-refractivity contribution in [1.82, 2.24) is 14.8 Å². The Kier molecular flexibility index (Phi) is 3.75. The van der Waals surface area contributed by atoms with E-state index in [-0.39, 0.29) is 0 Å². The van der Waals surface area contributed by atoms with Gasteiger partial charge in [0, 0.05) is 27.8 Å². The fourth-order valence-electron chi connectivity index (χ4n) is 3.82. The summed E-state index contributed by atoms with van der Waals surface area (Å²) in [7, 11) is 0. The molecule has 0 aliphatic rings. The van der Waals surface area contributed by atoms with E-state index >= 15 is 0 Å². The van der Waals surface area contributed by atoms with Crippen molar-refractivity contribution in [3.8, 4) is 5.69 Å². The first-order valence-corrected chi connectivity index (χ1v) is 8.28. The molecule has 120 valence electrons. The number of hydrogen-bond donors (Lipinski definition) is 0. The van der Waals surface area contributed by atoms with E-state index in [1.54, 1.807) is 0 Å². The number of benzene rings is 1. The molecule has 0 saturated carbocycles. The molecular formula is C20H25N3. The molecule has 3 rings (SSSR count). The zero-order valence-corrected chi connectivity index (χ0v) is 15.2. The Balaban J connectivity index is 2.41. The highest BCUT2D eigenvalue weighted by atomic mass is 15.1. The van der Waals surface area contributed by atoms with Crippen LogP contribution < -0.4 is 0 Å². The maximum atomic E-state index is 4.32. The molecule has 0 atom stereocenters. The highest BCUT2D eigenvalue weighted by molar-refractivity contribution is 5.92. The first-order valence-electron chi connectivity index (χ1n) is 8.28. The predicted molar refractivity (Wildman–Crippen MR) is 96.7 cm³/mol. The number of hydrogen-bond acceptors (Lipinski definition) is 2. The molecule has 3 nitrogen and oxygen atoms in total. The van der Waals surface area contributed by atoms with Gasteiger partial charge >= 0.3 is 0 Å². The van der Waals surface area contributed by atoms with Gasteiger partial charge in [-0.1, -0.05) is 13.0 Å². The van der Waals surface area contributed by atoms with Crippen LogP contribution >= 0.6 is 0 Å². The minimum absolute atomic E-state index is 1.00. The molecular weight excluding hydrogens is 282 g/mol. The number of fused-ring (bicyclic) bond motifs is 1. The topological polar surface area (TPSA) is 30.7 Å². The lowest BCUT2D eigenvalue weighted by atomic mass is 10.0. The van der Waals surface area contributed by atoms with Gasteiger partial charge < -0.3 is 4.57 Å². The normalized spacial score (nSPS) is 11.4. The molecule has 0 aliphatic heterocycles. The van der Waals surface area contributed by atoms with Crippen LogP contribution in [0, 0.1) is 41.5 Å². The summed E-state index contributed by atoms with van der Waals surface area (Å²) < 4.78 is 2.37. The fraction of sp³-hybridized carbons (Fsp3) is 0.400. The molecule has 0 amide bonds. The van der Waals surface area contributed by atoms with E-state index < -0.39 is 0 Å². The molecule has 0 spiro atoms. The molecule has 0 saturated heterocycles. The molecule has 0 fully saturated rings. The summed E-state index contributed by atoms with van der Waals surface area (Å²) in [5, 5.41) is 11.1. The minimum Gasteiger partial charge on any atom is -0.317 e. The van der Waals surface area contributed by atoms with E-state index in [0.29, 0.717) is 0 Å². The van der Waals surface area contributed by atoms with Gasteiger partial charge in [0.05, 0.1) is 11.4 Å². The average molecular weight is 307 g/mol. The van der Waals surface area contributed by atoms with Gasteiger partial charge in [0.1, 0.15) is 0 Å². The summed E-state index contributed by atoms with van der Waals surface area (Å²) >= 11 is 0. The van der Waals surface area contributed by atoms with Crippen LogP contribution in [0.25, 0.3) is 16.5 Å². The Morgan fingerprint density at radius 3 is 1.78 bits per heavy atom. The number of aryl methyl sites for hydroxylation is 7. The van der Waals surface area contributed by atoms with Crippen LogP contribution in [-0.4, -0.2) is 14.8 Å². The summed E-state index contributed by atoms with van der Waals surface area (Å²) in [4.78, 5) is 0. The predicted octanol–water partition coefficient (Wildman–Crippen LogP) is 4.83. The third kappa shape index (κ3) is 2.26. The quantitative estimate of drug-likeness (QED) is 0.678. The van der Waals surface area contributed by atoms with E-state index in [1.807, 2.05) is 13.8 Å². The SMILES string of the molecule is CCc1cc(C)c(-n2c(C)c3c(C)nnc(C)c3c2C)cc1C. The highest BCUT2D eigenvalue weighted by Gasteiger charge is 2.18. The second-order valence-corrected chi connectivity index (χ2v) is 6.55. The van der Waals surface area contributed by atoms with Crippen LogP contribution in [0.2, 0.25) is 0 Å². The van der Waals surface area contributed by atoms with E-state index in [1.165, 1.54) is 44.5 Å². The monoisotopic (exact) mass is 307 g/mol. The van der Waals surface area contributed by atoms with Gasteiger partial charge in [-0.3, -0.25) is 0 Å². The molecule has 3 aromatic rings. The van der Waals surface area contributed by atoms with Crippen molar-refractivity contribution in [1.29, 1.82) is 0 Å². The number of rotatable bonds is 2. The molecule has 0 radical (unpaired) electrons. The summed E-state index contributed by atoms with van der Waals surface area (Å²) in [5.41, 5.74) is 9.87. The maximum Gasteiger partial charge on any atom is 0.0696 e. The molecule has 0 aliphatic carbocycles. The number of aromatic nitrogens is 3. The zero-order chi connectivity index (χ0) is 16.9. The van der Waals surface area contributed by atoms with Crippen molar-refractivity contribution in [2.75, 3.05) is 0 Å². The van der Waals surface area contributed by atoms with E-state index in [0.717, 1.165) is 17.8 Å². The van der Waals surface area contributed by atoms with Gasteiger partial charge in [0.15, 0.2) is 0 Å². The Hall–Kier alpha value is -2.16. The standard InChI is InChI=1S/C20H25N3/c1-8-17-9-12(3)18(10-11(17)2)23-15(6)19-13(4)21-22-14(5)20(19)16(23)7/h9-10H,8H2,1-7H3. The van der Waals surface area contributed by atoms with Crippen LogP contribution in [0.1, 0.15) is 46.4 Å². The second kappa shape index (κ2) is 5.48. The summed E-state index contributed by atoms with van der Waals surface area (Å²) in [6.07, 6.45) is 1.07. The first kappa shape index (κ1) is 15.7. The van der Waals surface area contributed by atoms with Gasteiger partial charge in [0.25, 0.3) is 0 Å². The lowest BCUT2D eigenvalue weighted by Gasteiger charge is -2.16. The molecule has 2 aromatic heterocycles. The zero-order valence-electron chi connectivity index (χ0n) is 15.2. The fourth-order valence-corrected chi connectivity index (χ4v) is 3.82. The van der Waals surface area contributed by atoms with E-state index in [2.05, 4.69) is 61.5 Å². The van der Waals surface area contributed by atoms with Gasteiger partial charge in [-0.05, 0) is 70.7 Å². The lowest BCUT2D eigenvalue weighted by molar-refractivity contribution is 0.953. The van der Waals surface area contributed by atoms with Crippen molar-refractivity contribution in [3.63, 3.8) is 0 Å². The van der Waals surface area contributed by atoms with Crippen molar-refractivity contribution in [2.24, 2.45) is 0 Å². The van der Waals surface area contributed by atoms with Crippen molar-refractivity contribution in [3.05, 3.63) is 51.6 Å². The maximum absolute atomic E-state index is 4.32. The van der Waals surface area contributed by atoms with Gasteiger partial charge in [-0.2, -0.15) is 10.2 Å². The molecule has 23 heavy (non-hydrogen) atoms. The smallest absolute Gasteiger partial charge is 0.0696 e. The summed E-state index contributed by atoms with van der Waals surface area (Å²) in [6, 6.07) is 4.64. The van der Waals surface area contributed by atoms with E-state index in [4.69, 9.17) is 0 Å². The molecule has 0 unspecified atom stereocenters. The molecule has 2 heterocycles. The van der Waals surface area contributed by atoms with Gasteiger partial charge in [-0.15, -0.1) is 0 Å². The Labute approximate surface area is 138 Å². The second-order valence-electron chi connectivity index (χ2n) is 6.55. The average Bonchev–Trinajstić information content (AvgIpc) is 2.78. The van der Waals surface area contributed by atoms with Crippen LogP contribution in [0.5, 0.6) is 0 Å². The number of nitrogens with zero attached hydrogens (tertiary/aromatic N) is 3. The van der Waals surface area contributed by atoms with Gasteiger partial charge in [0.2, 0.25) is 0 Å². The van der Waals surface area contributed by atoms with Crippen molar-refractivity contribution < 1.29 is 0 Å². The largest absolute Gasteiger partial charge is 0.317 e.